The average Bonchev–Trinajstić information content (AvgIpc) is 2.92. The monoisotopic (exact) mass is 604 g/mol. The largest absolute Gasteiger partial charge is 0.492 e. The molecule has 2 heterocycles. The van der Waals surface area contributed by atoms with Crippen LogP contribution >= 0.6 is 0 Å². The second-order valence-corrected chi connectivity index (χ2v) is 13.6. The molecule has 0 atom stereocenters. The number of rotatable bonds is 8. The molecule has 1 fully saturated rings. The number of hydrogen-bond donors (Lipinski definition) is 1. The first kappa shape index (κ1) is 31.3. The maximum atomic E-state index is 13.8. The summed E-state index contributed by atoms with van der Waals surface area (Å²) in [6, 6.07) is 12.5. The Kier molecular flexibility index (Phi) is 9.17. The molecule has 0 unspecified atom stereocenters. The molecule has 1 amide bonds. The molecule has 12 heteroatoms. The van der Waals surface area contributed by atoms with Crippen LogP contribution in [0.1, 0.15) is 49.2 Å². The Morgan fingerprint density at radius 1 is 0.952 bits per heavy atom. The molecule has 1 saturated heterocycles. The van der Waals surface area contributed by atoms with Crippen LogP contribution in [0.5, 0.6) is 5.75 Å². The molecule has 2 aromatic carbocycles. The number of nitrogens with zero attached hydrogens (tertiary/aromatic N) is 3. The van der Waals surface area contributed by atoms with E-state index < -0.39 is 32.4 Å². The van der Waals surface area contributed by atoms with Crippen molar-refractivity contribution in [3.63, 3.8) is 0 Å². The molecule has 1 aliphatic rings. The Bertz CT molecular complexity index is 1510. The van der Waals surface area contributed by atoms with Gasteiger partial charge in [0.15, 0.2) is 0 Å². The first-order valence-corrected chi connectivity index (χ1v) is 15.1. The topological polar surface area (TPSA) is 91.8 Å². The highest BCUT2D eigenvalue weighted by atomic mass is 32.2. The van der Waals surface area contributed by atoms with Gasteiger partial charge in [0.25, 0.3) is 5.91 Å². The number of benzene rings is 2. The summed E-state index contributed by atoms with van der Waals surface area (Å²) in [4.78, 5) is 20.8. The lowest BCUT2D eigenvalue weighted by molar-refractivity contribution is -0.137. The summed E-state index contributed by atoms with van der Waals surface area (Å²) in [5, 5.41) is 0. The van der Waals surface area contributed by atoms with Gasteiger partial charge in [-0.3, -0.25) is 14.7 Å². The van der Waals surface area contributed by atoms with Crippen molar-refractivity contribution in [2.75, 3.05) is 37.7 Å². The van der Waals surface area contributed by atoms with Crippen LogP contribution in [0.15, 0.2) is 60.9 Å². The van der Waals surface area contributed by atoms with Crippen LogP contribution in [0.3, 0.4) is 0 Å². The Labute approximate surface area is 244 Å². The van der Waals surface area contributed by atoms with Crippen LogP contribution in [0.2, 0.25) is 0 Å². The van der Waals surface area contributed by atoms with Gasteiger partial charge in [-0.25, -0.2) is 13.1 Å². The fourth-order valence-corrected chi connectivity index (χ4v) is 5.18. The van der Waals surface area contributed by atoms with Crippen LogP contribution < -0.4 is 14.4 Å². The van der Waals surface area contributed by atoms with Gasteiger partial charge in [-0.15, -0.1) is 0 Å². The number of sulfonamides is 1. The van der Waals surface area contributed by atoms with Gasteiger partial charge < -0.3 is 9.64 Å². The third kappa shape index (κ3) is 7.60. The number of piperazine rings is 1. The standard InChI is InChI=1S/C30H35F3N4O4S/c1-5-41-27-17-24(18-34-19-27)23-14-21(15-25(16-23)30(31,32)33)20-36-10-12-37(13-11-36)26-8-6-22(7-9-26)28(38)35-42(39,40)29(2,3)4/h6-9,14-19H,5,10-13,20H2,1-4H3,(H,35,38). The van der Waals surface area contributed by atoms with Gasteiger partial charge >= 0.3 is 6.18 Å². The molecular weight excluding hydrogens is 569 g/mol. The van der Waals surface area contributed by atoms with Crippen molar-refractivity contribution in [2.45, 2.75) is 45.2 Å². The van der Waals surface area contributed by atoms with Gasteiger partial charge in [0.2, 0.25) is 10.0 Å². The number of ether oxygens (including phenoxy) is 1. The minimum atomic E-state index is -4.49. The Hall–Kier alpha value is -3.64. The number of hydrogen-bond acceptors (Lipinski definition) is 7. The quantitative estimate of drug-likeness (QED) is 0.371. The van der Waals surface area contributed by atoms with Crippen molar-refractivity contribution < 1.29 is 31.1 Å². The molecule has 0 radical (unpaired) electrons. The number of pyridine rings is 1. The highest BCUT2D eigenvalue weighted by molar-refractivity contribution is 7.91. The van der Waals surface area contributed by atoms with E-state index in [-0.39, 0.29) is 5.56 Å². The Morgan fingerprint density at radius 2 is 1.62 bits per heavy atom. The second kappa shape index (κ2) is 12.3. The van der Waals surface area contributed by atoms with Crippen molar-refractivity contribution in [2.24, 2.45) is 0 Å². The van der Waals surface area contributed by atoms with Crippen molar-refractivity contribution in [3.05, 3.63) is 77.6 Å². The van der Waals surface area contributed by atoms with Crippen LogP contribution in [0.4, 0.5) is 18.9 Å². The normalized spacial score (nSPS) is 15.0. The SMILES string of the molecule is CCOc1cncc(-c2cc(CN3CCN(c4ccc(C(=O)NS(=O)(=O)C(C)(C)C)cc4)CC3)cc(C(F)(F)F)c2)c1. The Balaban J connectivity index is 1.42. The summed E-state index contributed by atoms with van der Waals surface area (Å²) in [5.41, 5.74) is 1.91. The molecule has 42 heavy (non-hydrogen) atoms. The van der Waals surface area contributed by atoms with Gasteiger partial charge in [0, 0.05) is 55.7 Å². The van der Waals surface area contributed by atoms with E-state index >= 15 is 0 Å². The van der Waals surface area contributed by atoms with Crippen LogP contribution in [-0.4, -0.2) is 61.7 Å². The zero-order chi connectivity index (χ0) is 30.7. The lowest BCUT2D eigenvalue weighted by Crippen LogP contribution is -2.46. The molecule has 0 saturated carbocycles. The van der Waals surface area contributed by atoms with Crippen molar-refractivity contribution in [1.29, 1.82) is 0 Å². The number of aromatic nitrogens is 1. The summed E-state index contributed by atoms with van der Waals surface area (Å²) >= 11 is 0. The van der Waals surface area contributed by atoms with Gasteiger partial charge in [0.05, 0.1) is 23.1 Å². The van der Waals surface area contributed by atoms with Crippen molar-refractivity contribution >= 4 is 21.6 Å². The first-order valence-electron chi connectivity index (χ1n) is 13.6. The summed E-state index contributed by atoms with van der Waals surface area (Å²) in [6.45, 7) is 9.65. The zero-order valence-corrected chi connectivity index (χ0v) is 24.8. The van der Waals surface area contributed by atoms with E-state index in [1.807, 2.05) is 6.92 Å². The maximum absolute atomic E-state index is 13.8. The summed E-state index contributed by atoms with van der Waals surface area (Å²) < 4.78 is 72.4. The van der Waals surface area contributed by atoms with Crippen LogP contribution in [0.25, 0.3) is 11.1 Å². The number of halogens is 3. The fourth-order valence-electron chi connectivity index (χ4n) is 4.52. The number of nitrogens with one attached hydrogen (secondary N) is 1. The molecule has 0 bridgehead atoms. The molecule has 8 nitrogen and oxygen atoms in total. The molecule has 3 aromatic rings. The lowest BCUT2D eigenvalue weighted by atomic mass is 10.00. The number of carbonyl (C=O) groups excluding carboxylic acids is 1. The molecular formula is C30H35F3N4O4S. The molecule has 0 spiro atoms. The fraction of sp³-hybridized carbons (Fsp3) is 0.400. The minimum Gasteiger partial charge on any atom is -0.492 e. The van der Waals surface area contributed by atoms with E-state index in [2.05, 4.69) is 19.5 Å². The van der Waals surface area contributed by atoms with E-state index in [1.54, 1.807) is 36.4 Å². The van der Waals surface area contributed by atoms with Gasteiger partial charge in [-0.2, -0.15) is 13.2 Å². The third-order valence-corrected chi connectivity index (χ3v) is 9.05. The van der Waals surface area contributed by atoms with Crippen LogP contribution in [0, 0.1) is 0 Å². The van der Waals surface area contributed by atoms with E-state index in [0.29, 0.717) is 61.8 Å². The summed E-state index contributed by atoms with van der Waals surface area (Å²) in [7, 11) is -3.83. The second-order valence-electron chi connectivity index (χ2n) is 11.1. The van der Waals surface area contributed by atoms with Crippen molar-refractivity contribution in [1.82, 2.24) is 14.6 Å². The van der Waals surface area contributed by atoms with Gasteiger partial charge in [0.1, 0.15) is 5.75 Å². The highest BCUT2D eigenvalue weighted by Gasteiger charge is 2.32. The summed E-state index contributed by atoms with van der Waals surface area (Å²) in [5.74, 6) is -0.198. The van der Waals surface area contributed by atoms with E-state index in [1.165, 1.54) is 39.2 Å². The smallest absolute Gasteiger partial charge is 0.416 e. The molecule has 1 aromatic heterocycles. The van der Waals surface area contributed by atoms with Crippen molar-refractivity contribution in [3.8, 4) is 16.9 Å². The van der Waals surface area contributed by atoms with Gasteiger partial charge in [-0.05, 0) is 87.4 Å². The third-order valence-electron chi connectivity index (χ3n) is 6.98. The van der Waals surface area contributed by atoms with Gasteiger partial charge in [-0.1, -0.05) is 0 Å². The average molecular weight is 605 g/mol. The lowest BCUT2D eigenvalue weighted by Gasteiger charge is -2.36. The van der Waals surface area contributed by atoms with E-state index in [9.17, 15) is 26.4 Å². The predicted molar refractivity (Wildman–Crippen MR) is 156 cm³/mol. The maximum Gasteiger partial charge on any atom is 0.416 e. The number of carbonyl (C=O) groups is 1. The highest BCUT2D eigenvalue weighted by Crippen LogP contribution is 2.34. The predicted octanol–water partition coefficient (Wildman–Crippen LogP) is 5.35. The Morgan fingerprint density at radius 3 is 2.21 bits per heavy atom. The van der Waals surface area contributed by atoms with Crippen LogP contribution in [-0.2, 0) is 22.7 Å². The zero-order valence-electron chi connectivity index (χ0n) is 24.0. The number of alkyl halides is 3. The minimum absolute atomic E-state index is 0.229. The molecule has 1 N–H and O–H groups in total. The summed E-state index contributed by atoms with van der Waals surface area (Å²) in [6.07, 6.45) is -1.44. The first-order chi connectivity index (χ1) is 19.7. The van der Waals surface area contributed by atoms with E-state index in [0.717, 1.165) is 11.8 Å². The molecule has 226 valence electrons. The molecule has 0 aliphatic carbocycles. The number of anilines is 1. The number of amides is 1. The molecule has 4 rings (SSSR count). The van der Waals surface area contributed by atoms with E-state index in [4.69, 9.17) is 4.74 Å². The molecule has 1 aliphatic heterocycles.